The van der Waals surface area contributed by atoms with Crippen LogP contribution in [0.3, 0.4) is 0 Å². The van der Waals surface area contributed by atoms with Gasteiger partial charge < -0.3 is 24.0 Å². The number of benzene rings is 2. The number of hydrogen-bond donors (Lipinski definition) is 1. The number of amides is 1. The van der Waals surface area contributed by atoms with E-state index in [-0.39, 0.29) is 36.4 Å². The van der Waals surface area contributed by atoms with E-state index in [4.69, 9.17) is 9.47 Å². The molecule has 0 bridgehead atoms. The van der Waals surface area contributed by atoms with Crippen molar-refractivity contribution in [2.24, 2.45) is 4.99 Å². The van der Waals surface area contributed by atoms with Crippen molar-refractivity contribution < 1.29 is 24.2 Å². The summed E-state index contributed by atoms with van der Waals surface area (Å²) in [5.74, 6) is 0.0455. The molecule has 1 N–H and O–H groups in total. The fourth-order valence-electron chi connectivity index (χ4n) is 5.73. The van der Waals surface area contributed by atoms with Crippen LogP contribution in [0.25, 0.3) is 17.0 Å². The third-order valence-electron chi connectivity index (χ3n) is 7.86. The normalized spacial score (nSPS) is 19.1. The molecule has 226 valence electrons. The third-order valence-corrected chi connectivity index (χ3v) is 8.88. The van der Waals surface area contributed by atoms with Gasteiger partial charge >= 0.3 is 5.97 Å². The molecule has 2 aliphatic rings. The summed E-state index contributed by atoms with van der Waals surface area (Å²) in [6, 6.07) is 13.6. The number of piperidine rings is 1. The number of thioether (sulfide) groups is 1. The zero-order chi connectivity index (χ0) is 30.5. The molecule has 0 aliphatic carbocycles. The van der Waals surface area contributed by atoms with Gasteiger partial charge in [-0.05, 0) is 82.4 Å². The smallest absolute Gasteiger partial charge is 0.344 e. The Balaban J connectivity index is 1.54. The molecular weight excluding hydrogens is 562 g/mol. The van der Waals surface area contributed by atoms with E-state index in [1.165, 1.54) is 11.8 Å². The summed E-state index contributed by atoms with van der Waals surface area (Å²) in [6.07, 6.45) is 7.88. The lowest BCUT2D eigenvalue weighted by molar-refractivity contribution is -0.138. The van der Waals surface area contributed by atoms with Crippen molar-refractivity contribution in [3.63, 3.8) is 0 Å². The highest BCUT2D eigenvalue weighted by atomic mass is 32.2. The van der Waals surface area contributed by atoms with Gasteiger partial charge in [-0.2, -0.15) is 0 Å². The molecule has 3 heterocycles. The van der Waals surface area contributed by atoms with Crippen molar-refractivity contribution in [1.29, 1.82) is 0 Å². The predicted molar refractivity (Wildman–Crippen MR) is 173 cm³/mol. The van der Waals surface area contributed by atoms with Crippen molar-refractivity contribution in [3.05, 3.63) is 76.0 Å². The fraction of sp³-hybridized carbons (Fsp3) is 0.382. The highest BCUT2D eigenvalue weighted by Gasteiger charge is 2.33. The van der Waals surface area contributed by atoms with Crippen LogP contribution in [0.4, 0.5) is 5.69 Å². The average molecular weight is 602 g/mol. The van der Waals surface area contributed by atoms with Crippen LogP contribution in [-0.2, 0) is 27.3 Å². The van der Waals surface area contributed by atoms with Crippen molar-refractivity contribution in [2.45, 2.75) is 66.0 Å². The Morgan fingerprint density at radius 2 is 1.88 bits per heavy atom. The van der Waals surface area contributed by atoms with Gasteiger partial charge in [-0.25, -0.2) is 9.79 Å². The molecule has 1 saturated heterocycles. The van der Waals surface area contributed by atoms with E-state index >= 15 is 0 Å². The Labute approximate surface area is 257 Å². The highest BCUT2D eigenvalue weighted by Crippen LogP contribution is 2.41. The van der Waals surface area contributed by atoms with Crippen molar-refractivity contribution >= 4 is 51.3 Å². The van der Waals surface area contributed by atoms with Gasteiger partial charge in [-0.1, -0.05) is 36.9 Å². The number of nitrogens with zero attached hydrogens (tertiary/aromatic N) is 3. The van der Waals surface area contributed by atoms with Crippen LogP contribution in [0, 0.1) is 0 Å². The van der Waals surface area contributed by atoms with Crippen LogP contribution in [0.15, 0.2) is 69.9 Å². The first kappa shape index (κ1) is 30.5. The zero-order valence-corrected chi connectivity index (χ0v) is 26.1. The monoisotopic (exact) mass is 601 g/mol. The summed E-state index contributed by atoms with van der Waals surface area (Å²) in [5, 5.41) is 12.7. The van der Waals surface area contributed by atoms with E-state index in [1.807, 2.05) is 52.9 Å². The zero-order valence-electron chi connectivity index (χ0n) is 25.3. The van der Waals surface area contributed by atoms with E-state index in [9.17, 15) is 14.7 Å². The first-order valence-corrected chi connectivity index (χ1v) is 15.9. The number of aryl methyl sites for hydroxylation is 1. The number of aromatic nitrogens is 1. The van der Waals surface area contributed by atoms with E-state index in [0.717, 1.165) is 60.0 Å². The second-order valence-corrected chi connectivity index (χ2v) is 11.7. The summed E-state index contributed by atoms with van der Waals surface area (Å²) in [5.41, 5.74) is 3.67. The van der Waals surface area contributed by atoms with Gasteiger partial charge in [0, 0.05) is 29.7 Å². The van der Waals surface area contributed by atoms with Crippen LogP contribution in [0.5, 0.6) is 5.75 Å². The number of para-hydroxylation sites is 1. The Hall–Kier alpha value is -3.98. The molecule has 5 rings (SSSR count). The van der Waals surface area contributed by atoms with Crippen molar-refractivity contribution in [1.82, 2.24) is 9.47 Å². The summed E-state index contributed by atoms with van der Waals surface area (Å²) < 4.78 is 12.8. The van der Waals surface area contributed by atoms with Gasteiger partial charge in [0.05, 0.1) is 29.3 Å². The molecular formula is C34H39N3O5S. The number of likely N-dealkylation sites (tertiary alicyclic amines) is 1. The van der Waals surface area contributed by atoms with Crippen LogP contribution in [-0.4, -0.2) is 57.3 Å². The topological polar surface area (TPSA) is 93.4 Å². The first-order chi connectivity index (χ1) is 20.8. The fourth-order valence-corrected chi connectivity index (χ4v) is 6.76. The molecule has 1 amide bonds. The SMILES string of the molecule is CCOC(=O)C1=C(O)/C(=C/c2cn(CC(=O)N3CCCC[C@@H]3C)c3c(CC)cccc23)SC1=Nc1ccc(OCC)cc1. The van der Waals surface area contributed by atoms with Crippen LogP contribution < -0.4 is 4.74 Å². The van der Waals surface area contributed by atoms with Gasteiger partial charge in [0.25, 0.3) is 0 Å². The summed E-state index contributed by atoms with van der Waals surface area (Å²) in [4.78, 5) is 33.6. The van der Waals surface area contributed by atoms with E-state index in [2.05, 4.69) is 24.9 Å². The summed E-state index contributed by atoms with van der Waals surface area (Å²) in [6.45, 7) is 9.64. The molecule has 1 atom stereocenters. The average Bonchev–Trinajstić information content (AvgIpc) is 3.50. The lowest BCUT2D eigenvalue weighted by Crippen LogP contribution is -2.43. The Morgan fingerprint density at radius 1 is 1.09 bits per heavy atom. The van der Waals surface area contributed by atoms with E-state index < -0.39 is 5.97 Å². The van der Waals surface area contributed by atoms with Gasteiger partial charge in [0.1, 0.15) is 28.7 Å². The second-order valence-electron chi connectivity index (χ2n) is 10.7. The maximum atomic E-state index is 13.4. The number of aliphatic imine (C=N–C) groups is 1. The molecule has 1 fully saturated rings. The molecule has 0 radical (unpaired) electrons. The number of esters is 1. The Bertz CT molecular complexity index is 1600. The standard InChI is InChI=1S/C34H39N3O5S/c1-5-23-12-10-13-27-24(20-36(31(23)27)21-29(38)37-18-9-8-11-22(37)4)19-28-32(39)30(34(40)42-7-3)33(43-28)35-25-14-16-26(17-15-25)41-6-2/h10,12-17,19-20,22,39H,5-9,11,18,21H2,1-4H3/b28-19-,35-33?/t22-/m0/s1. The largest absolute Gasteiger partial charge is 0.506 e. The number of fused-ring (bicyclic) bond motifs is 1. The number of carbonyl (C=O) groups is 2. The molecule has 1 aromatic heterocycles. The van der Waals surface area contributed by atoms with Gasteiger partial charge in [0.2, 0.25) is 5.91 Å². The maximum absolute atomic E-state index is 13.4. The lowest BCUT2D eigenvalue weighted by Gasteiger charge is -2.33. The number of rotatable bonds is 9. The Kier molecular flexibility index (Phi) is 9.60. The highest BCUT2D eigenvalue weighted by molar-refractivity contribution is 8.18. The van der Waals surface area contributed by atoms with Gasteiger partial charge in [0.15, 0.2) is 0 Å². The molecule has 0 unspecified atom stereocenters. The molecule has 3 aromatic rings. The maximum Gasteiger partial charge on any atom is 0.344 e. The minimum atomic E-state index is -0.627. The van der Waals surface area contributed by atoms with Crippen LogP contribution >= 0.6 is 11.8 Å². The number of hydrogen-bond acceptors (Lipinski definition) is 7. The minimum Gasteiger partial charge on any atom is -0.506 e. The van der Waals surface area contributed by atoms with Crippen LogP contribution in [0.2, 0.25) is 0 Å². The molecule has 0 saturated carbocycles. The molecule has 2 aliphatic heterocycles. The molecule has 0 spiro atoms. The minimum absolute atomic E-state index is 0.0410. The quantitative estimate of drug-likeness (QED) is 0.261. The summed E-state index contributed by atoms with van der Waals surface area (Å²) >= 11 is 1.22. The number of aliphatic hydroxyl groups is 1. The first-order valence-electron chi connectivity index (χ1n) is 15.1. The lowest BCUT2D eigenvalue weighted by atomic mass is 10.0. The van der Waals surface area contributed by atoms with Gasteiger partial charge in [-0.3, -0.25) is 4.79 Å². The molecule has 43 heavy (non-hydrogen) atoms. The predicted octanol–water partition coefficient (Wildman–Crippen LogP) is 7.20. The molecule has 2 aromatic carbocycles. The Morgan fingerprint density at radius 3 is 2.58 bits per heavy atom. The molecule has 9 heteroatoms. The van der Waals surface area contributed by atoms with E-state index in [0.29, 0.717) is 22.2 Å². The van der Waals surface area contributed by atoms with Gasteiger partial charge in [-0.15, -0.1) is 0 Å². The van der Waals surface area contributed by atoms with Crippen LogP contribution in [0.1, 0.15) is 58.1 Å². The van der Waals surface area contributed by atoms with Crippen molar-refractivity contribution in [3.8, 4) is 5.75 Å². The second kappa shape index (κ2) is 13.5. The number of carbonyl (C=O) groups excluding carboxylic acids is 2. The van der Waals surface area contributed by atoms with Crippen molar-refractivity contribution in [2.75, 3.05) is 19.8 Å². The third kappa shape index (κ3) is 6.51. The number of aliphatic hydroxyl groups excluding tert-OH is 1. The molecule has 8 nitrogen and oxygen atoms in total. The number of ether oxygens (including phenoxy) is 2. The summed E-state index contributed by atoms with van der Waals surface area (Å²) in [7, 11) is 0. The van der Waals surface area contributed by atoms with E-state index in [1.54, 1.807) is 19.1 Å².